The van der Waals surface area contributed by atoms with Crippen LogP contribution in [0.5, 0.6) is 0 Å². The topological polar surface area (TPSA) is 61.5 Å². The molecule has 1 aliphatic carbocycles. The van der Waals surface area contributed by atoms with E-state index in [4.69, 9.17) is 15.2 Å². The number of ether oxygens (including phenoxy) is 2. The molecule has 4 heteroatoms. The van der Waals surface area contributed by atoms with Crippen molar-refractivity contribution in [2.24, 2.45) is 11.7 Å². The number of carbonyl (C=O) groups is 1. The average molecular weight is 215 g/mol. The molecule has 0 amide bonds. The Balaban J connectivity index is 2.11. The summed E-state index contributed by atoms with van der Waals surface area (Å²) in [6.45, 7) is 3.45. The Morgan fingerprint density at radius 1 is 1.27 bits per heavy atom. The second-order valence-electron chi connectivity index (χ2n) is 3.98. The quantitative estimate of drug-likeness (QED) is 0.550. The summed E-state index contributed by atoms with van der Waals surface area (Å²) in [5.74, 6) is -0.0203. The highest BCUT2D eigenvalue weighted by Gasteiger charge is 2.25. The normalized spacial score (nSPS) is 26.3. The fraction of sp³-hybridized carbons (Fsp3) is 0.909. The van der Waals surface area contributed by atoms with Gasteiger partial charge in [-0.05, 0) is 32.6 Å². The van der Waals surface area contributed by atoms with Crippen molar-refractivity contribution in [1.82, 2.24) is 0 Å². The summed E-state index contributed by atoms with van der Waals surface area (Å²) in [5.41, 5.74) is 5.76. The molecule has 0 atom stereocenters. The molecule has 2 N–H and O–H groups in total. The molecule has 15 heavy (non-hydrogen) atoms. The van der Waals surface area contributed by atoms with Crippen LogP contribution >= 0.6 is 0 Å². The molecule has 1 fully saturated rings. The second kappa shape index (κ2) is 6.80. The lowest BCUT2D eigenvalue weighted by Gasteiger charge is -2.24. The molecule has 1 rings (SSSR count). The molecule has 88 valence electrons. The molecule has 1 aliphatic rings. The van der Waals surface area contributed by atoms with Crippen LogP contribution in [0.2, 0.25) is 0 Å². The van der Waals surface area contributed by atoms with Crippen LogP contribution in [0.1, 0.15) is 32.6 Å². The van der Waals surface area contributed by atoms with E-state index >= 15 is 0 Å². The largest absolute Gasteiger partial charge is 0.463 e. The standard InChI is InChI=1S/C11H21NO3/c1-2-14-7-8-15-11(13)9-3-5-10(12)6-4-9/h9-10H,2-8,12H2,1H3. The SMILES string of the molecule is CCOCCOC(=O)C1CCC(N)CC1. The molecule has 0 aromatic rings. The number of carbonyl (C=O) groups excluding carboxylic acids is 1. The van der Waals surface area contributed by atoms with Gasteiger partial charge in [0.2, 0.25) is 0 Å². The molecule has 0 aromatic carbocycles. The lowest BCUT2D eigenvalue weighted by molar-refractivity contribution is -0.151. The molecular weight excluding hydrogens is 194 g/mol. The molecule has 1 saturated carbocycles. The molecule has 0 aromatic heterocycles. The third kappa shape index (κ3) is 4.62. The van der Waals surface area contributed by atoms with E-state index in [0.717, 1.165) is 25.7 Å². The van der Waals surface area contributed by atoms with Crippen molar-refractivity contribution in [2.45, 2.75) is 38.6 Å². The molecule has 0 unspecified atom stereocenters. The zero-order valence-corrected chi connectivity index (χ0v) is 9.41. The Morgan fingerprint density at radius 3 is 2.53 bits per heavy atom. The molecular formula is C11H21NO3. The zero-order chi connectivity index (χ0) is 11.1. The zero-order valence-electron chi connectivity index (χ0n) is 9.41. The summed E-state index contributed by atoms with van der Waals surface area (Å²) < 4.78 is 10.2. The van der Waals surface area contributed by atoms with Gasteiger partial charge in [0.15, 0.2) is 0 Å². The predicted octanol–water partition coefficient (Wildman–Crippen LogP) is 1.08. The van der Waals surface area contributed by atoms with Gasteiger partial charge < -0.3 is 15.2 Å². The van der Waals surface area contributed by atoms with E-state index in [1.165, 1.54) is 0 Å². The van der Waals surface area contributed by atoms with Crippen molar-refractivity contribution >= 4 is 5.97 Å². The van der Waals surface area contributed by atoms with Crippen LogP contribution in [0.25, 0.3) is 0 Å². The lowest BCUT2D eigenvalue weighted by Crippen LogP contribution is -2.31. The second-order valence-corrected chi connectivity index (χ2v) is 3.98. The summed E-state index contributed by atoms with van der Waals surface area (Å²) in [6.07, 6.45) is 3.61. The maximum atomic E-state index is 11.5. The van der Waals surface area contributed by atoms with Crippen LogP contribution in [0.3, 0.4) is 0 Å². The van der Waals surface area contributed by atoms with E-state index in [1.807, 2.05) is 6.92 Å². The fourth-order valence-electron chi connectivity index (χ4n) is 1.82. The molecule has 0 aliphatic heterocycles. The maximum Gasteiger partial charge on any atom is 0.309 e. The third-order valence-electron chi connectivity index (χ3n) is 2.78. The van der Waals surface area contributed by atoms with E-state index in [1.54, 1.807) is 0 Å². The Bertz CT molecular complexity index is 188. The van der Waals surface area contributed by atoms with E-state index in [9.17, 15) is 4.79 Å². The molecule has 0 heterocycles. The van der Waals surface area contributed by atoms with Crippen LogP contribution < -0.4 is 5.73 Å². The van der Waals surface area contributed by atoms with Crippen LogP contribution in [0.15, 0.2) is 0 Å². The van der Waals surface area contributed by atoms with Crippen molar-refractivity contribution < 1.29 is 14.3 Å². The number of rotatable bonds is 5. The predicted molar refractivity (Wildman–Crippen MR) is 57.4 cm³/mol. The van der Waals surface area contributed by atoms with Gasteiger partial charge in [-0.25, -0.2) is 0 Å². The van der Waals surface area contributed by atoms with Crippen LogP contribution in [0.4, 0.5) is 0 Å². The van der Waals surface area contributed by atoms with Gasteiger partial charge in [0.05, 0.1) is 12.5 Å². The Morgan fingerprint density at radius 2 is 1.93 bits per heavy atom. The highest BCUT2D eigenvalue weighted by Crippen LogP contribution is 2.24. The van der Waals surface area contributed by atoms with E-state index in [-0.39, 0.29) is 17.9 Å². The van der Waals surface area contributed by atoms with Crippen molar-refractivity contribution in [1.29, 1.82) is 0 Å². The summed E-state index contributed by atoms with van der Waals surface area (Å²) in [5, 5.41) is 0. The van der Waals surface area contributed by atoms with Crippen molar-refractivity contribution in [3.63, 3.8) is 0 Å². The fourth-order valence-corrected chi connectivity index (χ4v) is 1.82. The highest BCUT2D eigenvalue weighted by atomic mass is 16.6. The average Bonchev–Trinajstić information content (AvgIpc) is 2.25. The molecule has 0 bridgehead atoms. The summed E-state index contributed by atoms with van der Waals surface area (Å²) >= 11 is 0. The molecule has 0 spiro atoms. The lowest BCUT2D eigenvalue weighted by atomic mass is 9.86. The number of hydrogen-bond acceptors (Lipinski definition) is 4. The van der Waals surface area contributed by atoms with Gasteiger partial charge in [-0.1, -0.05) is 0 Å². The molecule has 0 saturated heterocycles. The minimum Gasteiger partial charge on any atom is -0.463 e. The monoisotopic (exact) mass is 215 g/mol. The first-order valence-electron chi connectivity index (χ1n) is 5.74. The number of nitrogens with two attached hydrogens (primary N) is 1. The van der Waals surface area contributed by atoms with Gasteiger partial charge >= 0.3 is 5.97 Å². The summed E-state index contributed by atoms with van der Waals surface area (Å²) in [4.78, 5) is 11.5. The first-order valence-corrected chi connectivity index (χ1v) is 5.74. The Labute approximate surface area is 91.1 Å². The van der Waals surface area contributed by atoms with Crippen LogP contribution in [-0.2, 0) is 14.3 Å². The molecule has 4 nitrogen and oxygen atoms in total. The van der Waals surface area contributed by atoms with E-state index in [0.29, 0.717) is 19.8 Å². The van der Waals surface area contributed by atoms with E-state index in [2.05, 4.69) is 0 Å². The van der Waals surface area contributed by atoms with Crippen LogP contribution in [0, 0.1) is 5.92 Å². The van der Waals surface area contributed by atoms with Crippen molar-refractivity contribution in [3.8, 4) is 0 Å². The number of hydrogen-bond donors (Lipinski definition) is 1. The highest BCUT2D eigenvalue weighted by molar-refractivity contribution is 5.72. The smallest absolute Gasteiger partial charge is 0.309 e. The minimum absolute atomic E-state index is 0.0615. The van der Waals surface area contributed by atoms with E-state index < -0.39 is 0 Å². The third-order valence-corrected chi connectivity index (χ3v) is 2.78. The van der Waals surface area contributed by atoms with Crippen molar-refractivity contribution in [2.75, 3.05) is 19.8 Å². The first-order chi connectivity index (χ1) is 7.24. The number of esters is 1. The van der Waals surface area contributed by atoms with Gasteiger partial charge in [-0.2, -0.15) is 0 Å². The van der Waals surface area contributed by atoms with Gasteiger partial charge in [-0.3, -0.25) is 4.79 Å². The minimum atomic E-state index is -0.0818. The maximum absolute atomic E-state index is 11.5. The van der Waals surface area contributed by atoms with Gasteiger partial charge in [0.1, 0.15) is 6.61 Å². The Kier molecular flexibility index (Phi) is 5.65. The summed E-state index contributed by atoms with van der Waals surface area (Å²) in [7, 11) is 0. The van der Waals surface area contributed by atoms with Gasteiger partial charge in [-0.15, -0.1) is 0 Å². The first kappa shape index (κ1) is 12.5. The molecule has 0 radical (unpaired) electrons. The van der Waals surface area contributed by atoms with Crippen molar-refractivity contribution in [3.05, 3.63) is 0 Å². The van der Waals surface area contributed by atoms with Crippen LogP contribution in [-0.4, -0.2) is 31.8 Å². The van der Waals surface area contributed by atoms with Gasteiger partial charge in [0, 0.05) is 12.6 Å². The summed E-state index contributed by atoms with van der Waals surface area (Å²) in [6, 6.07) is 0.275. The Hall–Kier alpha value is -0.610. The van der Waals surface area contributed by atoms with Gasteiger partial charge in [0.25, 0.3) is 0 Å².